The van der Waals surface area contributed by atoms with E-state index in [1.165, 1.54) is 0 Å². The summed E-state index contributed by atoms with van der Waals surface area (Å²) in [4.78, 5) is 18.2. The summed E-state index contributed by atoms with van der Waals surface area (Å²) in [7, 11) is 7.52. The fourth-order valence-corrected chi connectivity index (χ4v) is 1.10. The predicted molar refractivity (Wildman–Crippen MR) is 71.4 cm³/mol. The molecule has 0 spiro atoms. The van der Waals surface area contributed by atoms with Gasteiger partial charge in [0.1, 0.15) is 0 Å². The summed E-state index contributed by atoms with van der Waals surface area (Å²) in [6, 6.07) is 0. The van der Waals surface area contributed by atoms with Crippen molar-refractivity contribution in [3.05, 3.63) is 25.6 Å². The summed E-state index contributed by atoms with van der Waals surface area (Å²) in [5, 5.41) is 0. The van der Waals surface area contributed by atoms with Gasteiger partial charge in [0, 0.05) is 40.6 Å². The van der Waals surface area contributed by atoms with Crippen LogP contribution in [0.25, 0.3) is 0 Å². The van der Waals surface area contributed by atoms with Crippen molar-refractivity contribution in [3.8, 4) is 0 Å². The Hall–Kier alpha value is -2.11. The van der Waals surface area contributed by atoms with Crippen LogP contribution in [0.1, 0.15) is 0 Å². The molecule has 17 heavy (non-hydrogen) atoms. The van der Waals surface area contributed by atoms with E-state index in [9.17, 15) is 0 Å². The molecule has 0 aliphatic heterocycles. The van der Waals surface area contributed by atoms with Gasteiger partial charge >= 0.3 is 0 Å². The van der Waals surface area contributed by atoms with Gasteiger partial charge in [0.05, 0.1) is 0 Å². The molecular weight excluding hydrogens is 216 g/mol. The summed E-state index contributed by atoms with van der Waals surface area (Å²) < 4.78 is 0. The van der Waals surface area contributed by atoms with Gasteiger partial charge in [0.2, 0.25) is 17.8 Å². The Morgan fingerprint density at radius 2 is 1.12 bits per heavy atom. The molecule has 1 heterocycles. The highest BCUT2D eigenvalue weighted by Crippen LogP contribution is 2.16. The zero-order chi connectivity index (χ0) is 13.0. The van der Waals surface area contributed by atoms with Crippen molar-refractivity contribution in [3.63, 3.8) is 0 Å². The van der Waals surface area contributed by atoms with Crippen molar-refractivity contribution in [1.29, 1.82) is 0 Å². The Labute approximate surface area is 102 Å². The van der Waals surface area contributed by atoms with Crippen LogP contribution in [-0.4, -0.2) is 43.1 Å². The monoisotopic (exact) mass is 234 g/mol. The molecule has 0 aliphatic rings. The topological polar surface area (TPSA) is 48.4 Å². The number of anilines is 3. The Kier molecular flexibility index (Phi) is 4.03. The molecule has 0 saturated carbocycles. The number of rotatable bonds is 5. The summed E-state index contributed by atoms with van der Waals surface area (Å²) in [5.41, 5.74) is 0. The summed E-state index contributed by atoms with van der Waals surface area (Å²) in [6.45, 7) is 7.37. The van der Waals surface area contributed by atoms with Crippen LogP contribution in [-0.2, 0) is 0 Å². The lowest BCUT2D eigenvalue weighted by atomic mass is 10.6. The normalized spacial score (nSPS) is 9.65. The second-order valence-corrected chi connectivity index (χ2v) is 3.80. The average molecular weight is 234 g/mol. The third-order valence-electron chi connectivity index (χ3n) is 2.02. The van der Waals surface area contributed by atoms with Crippen molar-refractivity contribution < 1.29 is 0 Å². The van der Waals surface area contributed by atoms with Crippen molar-refractivity contribution in [2.75, 3.05) is 42.9 Å². The summed E-state index contributed by atoms with van der Waals surface area (Å²) >= 11 is 0. The van der Waals surface area contributed by atoms with Gasteiger partial charge in [0.25, 0.3) is 0 Å². The van der Waals surface area contributed by atoms with Crippen LogP contribution >= 0.6 is 0 Å². The fourth-order valence-electron chi connectivity index (χ4n) is 1.10. The van der Waals surface area contributed by atoms with Crippen molar-refractivity contribution in [1.82, 2.24) is 15.0 Å². The molecule has 1 rings (SSSR count). The molecular formula is C11H18N6. The minimum Gasteiger partial charge on any atom is -0.347 e. The lowest BCUT2D eigenvalue weighted by Gasteiger charge is -2.19. The lowest BCUT2D eigenvalue weighted by molar-refractivity contribution is 0.903. The first kappa shape index (κ1) is 13.0. The molecule has 0 radical (unpaired) electrons. The molecule has 0 amide bonds. The van der Waals surface area contributed by atoms with Gasteiger partial charge < -0.3 is 9.80 Å². The standard InChI is InChI=1S/C11H18N6/c1-7-17(8-2)11-13-9(15(3)4)12-10(14-11)16(5)6/h7-8H,1-2H2,3-6H3. The number of nitrogens with zero attached hydrogens (tertiary/aromatic N) is 6. The summed E-state index contributed by atoms with van der Waals surface area (Å²) in [6.07, 6.45) is 3.20. The highest BCUT2D eigenvalue weighted by molar-refractivity contribution is 5.48. The quantitative estimate of drug-likeness (QED) is 0.760. The van der Waals surface area contributed by atoms with E-state index in [1.54, 1.807) is 17.3 Å². The van der Waals surface area contributed by atoms with Crippen LogP contribution in [0.5, 0.6) is 0 Å². The maximum Gasteiger partial charge on any atom is 0.240 e. The SMILES string of the molecule is C=CN(C=C)c1nc(N(C)C)nc(N(C)C)n1. The number of hydrogen-bond donors (Lipinski definition) is 0. The molecule has 0 atom stereocenters. The van der Waals surface area contributed by atoms with Gasteiger partial charge in [0.15, 0.2) is 0 Å². The maximum absolute atomic E-state index is 4.32. The zero-order valence-corrected chi connectivity index (χ0v) is 10.8. The molecule has 6 heteroatoms. The molecule has 0 fully saturated rings. The van der Waals surface area contributed by atoms with E-state index in [4.69, 9.17) is 0 Å². The lowest BCUT2D eigenvalue weighted by Crippen LogP contribution is -2.21. The summed E-state index contributed by atoms with van der Waals surface area (Å²) in [5.74, 6) is 1.68. The maximum atomic E-state index is 4.32. The molecule has 0 aromatic carbocycles. The Morgan fingerprint density at radius 3 is 1.41 bits per heavy atom. The van der Waals surface area contributed by atoms with E-state index in [-0.39, 0.29) is 0 Å². The smallest absolute Gasteiger partial charge is 0.240 e. The van der Waals surface area contributed by atoms with Gasteiger partial charge in [-0.25, -0.2) is 0 Å². The highest BCUT2D eigenvalue weighted by Gasteiger charge is 2.11. The van der Waals surface area contributed by atoms with Crippen LogP contribution in [0.4, 0.5) is 17.8 Å². The largest absolute Gasteiger partial charge is 0.347 e. The minimum atomic E-state index is 0.498. The van der Waals surface area contributed by atoms with Crippen LogP contribution in [0.2, 0.25) is 0 Å². The average Bonchev–Trinajstić information content (AvgIpc) is 2.30. The highest BCUT2D eigenvalue weighted by atomic mass is 15.4. The first-order valence-electron chi connectivity index (χ1n) is 5.13. The molecule has 0 aliphatic carbocycles. The number of aromatic nitrogens is 3. The fraction of sp³-hybridized carbons (Fsp3) is 0.364. The third kappa shape index (κ3) is 2.93. The Bertz CT molecular complexity index is 378. The third-order valence-corrected chi connectivity index (χ3v) is 2.02. The molecule has 6 nitrogen and oxygen atoms in total. The first-order valence-corrected chi connectivity index (χ1v) is 5.13. The predicted octanol–water partition coefficient (Wildman–Crippen LogP) is 1.10. The van der Waals surface area contributed by atoms with E-state index in [0.717, 1.165) is 0 Å². The van der Waals surface area contributed by atoms with Crippen LogP contribution in [0, 0.1) is 0 Å². The molecule has 1 aromatic rings. The number of hydrogen-bond acceptors (Lipinski definition) is 6. The van der Waals surface area contributed by atoms with Crippen molar-refractivity contribution in [2.45, 2.75) is 0 Å². The van der Waals surface area contributed by atoms with Crippen LogP contribution in [0.3, 0.4) is 0 Å². The van der Waals surface area contributed by atoms with E-state index < -0.39 is 0 Å². The Balaban J connectivity index is 3.29. The molecule has 0 saturated heterocycles. The second-order valence-electron chi connectivity index (χ2n) is 3.80. The van der Waals surface area contributed by atoms with Gasteiger partial charge in [-0.15, -0.1) is 0 Å². The van der Waals surface area contributed by atoms with E-state index in [1.807, 2.05) is 38.0 Å². The van der Waals surface area contributed by atoms with E-state index >= 15 is 0 Å². The first-order chi connectivity index (χ1) is 7.99. The zero-order valence-electron chi connectivity index (χ0n) is 10.8. The van der Waals surface area contributed by atoms with Gasteiger partial charge in [-0.3, -0.25) is 4.90 Å². The van der Waals surface area contributed by atoms with Gasteiger partial charge in [-0.2, -0.15) is 15.0 Å². The van der Waals surface area contributed by atoms with E-state index in [0.29, 0.717) is 17.8 Å². The minimum absolute atomic E-state index is 0.498. The molecule has 0 unspecified atom stereocenters. The molecule has 92 valence electrons. The molecule has 0 bridgehead atoms. The van der Waals surface area contributed by atoms with Crippen LogP contribution in [0.15, 0.2) is 25.6 Å². The van der Waals surface area contributed by atoms with Crippen LogP contribution < -0.4 is 14.7 Å². The molecule has 0 N–H and O–H groups in total. The van der Waals surface area contributed by atoms with Gasteiger partial charge in [-0.05, 0) is 0 Å². The van der Waals surface area contributed by atoms with Gasteiger partial charge in [-0.1, -0.05) is 13.2 Å². The van der Waals surface area contributed by atoms with Crippen molar-refractivity contribution in [2.24, 2.45) is 0 Å². The molecule has 1 aromatic heterocycles. The second kappa shape index (κ2) is 5.29. The van der Waals surface area contributed by atoms with E-state index in [2.05, 4.69) is 28.1 Å². The van der Waals surface area contributed by atoms with Crippen molar-refractivity contribution >= 4 is 17.8 Å². The Morgan fingerprint density at radius 1 is 0.765 bits per heavy atom.